The van der Waals surface area contributed by atoms with Gasteiger partial charge in [-0.05, 0) is 6.07 Å². The Balaban J connectivity index is 2.27. The number of pyridine rings is 1. The number of amides is 1. The second-order valence-electron chi connectivity index (χ2n) is 2.53. The summed E-state index contributed by atoms with van der Waals surface area (Å²) in [6, 6.07) is 5.58. The largest absolute Gasteiger partial charge is 0.464 e. The number of fused-ring (bicyclic) bond motifs is 1. The van der Waals surface area contributed by atoms with Crippen LogP contribution in [0.1, 0.15) is 5.69 Å². The summed E-state index contributed by atoms with van der Waals surface area (Å²) >= 11 is 0. The molecule has 62 valence electrons. The Morgan fingerprint density at radius 1 is 1.67 bits per heavy atom. The smallest absolute Gasteiger partial charge is 0.430 e. The van der Waals surface area contributed by atoms with Crippen molar-refractivity contribution >= 4 is 6.09 Å². The average molecular weight is 166 g/mol. The normalized spacial score (nSPS) is 13.8. The van der Waals surface area contributed by atoms with Gasteiger partial charge in [0.05, 0.1) is 0 Å². The quantitative estimate of drug-likeness (QED) is 0.530. The molecular weight excluding hydrogens is 158 g/mol. The van der Waals surface area contributed by atoms with E-state index in [1.165, 1.54) is 0 Å². The lowest BCUT2D eigenvalue weighted by atomic mass is 10.3. The number of carbonyl (C=O) groups is 1. The van der Waals surface area contributed by atoms with Gasteiger partial charge >= 0.3 is 6.09 Å². The average Bonchev–Trinajstić information content (AvgIpc) is 2.46. The van der Waals surface area contributed by atoms with Gasteiger partial charge in [0.25, 0.3) is 0 Å². The number of rotatable bonds is 0. The molecule has 1 aliphatic heterocycles. The van der Waals surface area contributed by atoms with Crippen LogP contribution < -0.4 is 10.2 Å². The zero-order chi connectivity index (χ0) is 8.55. The lowest BCUT2D eigenvalue weighted by Gasteiger charge is -2.03. The van der Waals surface area contributed by atoms with Crippen molar-refractivity contribution in [3.63, 3.8) is 0 Å². The Morgan fingerprint density at radius 3 is 3.17 bits per heavy atom. The molecule has 2 heterocycles. The van der Waals surface area contributed by atoms with E-state index in [0.29, 0.717) is 6.54 Å². The Labute approximate surface area is 68.8 Å². The van der Waals surface area contributed by atoms with Gasteiger partial charge in [-0.2, -0.15) is 5.01 Å². The Kier molecular flexibility index (Phi) is 1.36. The van der Waals surface area contributed by atoms with Crippen LogP contribution in [-0.4, -0.2) is 16.2 Å². The van der Waals surface area contributed by atoms with Gasteiger partial charge in [0.1, 0.15) is 6.54 Å². The molecule has 0 saturated heterocycles. The highest BCUT2D eigenvalue weighted by molar-refractivity contribution is 5.65. The van der Waals surface area contributed by atoms with E-state index in [0.717, 1.165) is 10.7 Å². The molecule has 12 heavy (non-hydrogen) atoms. The number of nitrogens with zero attached hydrogens (tertiary/aromatic N) is 2. The Morgan fingerprint density at radius 2 is 2.50 bits per heavy atom. The molecule has 0 aliphatic carbocycles. The van der Waals surface area contributed by atoms with Crippen molar-refractivity contribution in [2.45, 2.75) is 6.54 Å². The van der Waals surface area contributed by atoms with E-state index < -0.39 is 6.09 Å². The third kappa shape index (κ3) is 0.952. The maximum atomic E-state index is 10.5. The fraction of sp³-hybridized carbons (Fsp3) is 0.143. The lowest BCUT2D eigenvalue weighted by molar-refractivity contribution is -0.654. The van der Waals surface area contributed by atoms with E-state index in [9.17, 15) is 4.79 Å². The third-order valence-corrected chi connectivity index (χ3v) is 1.72. The molecule has 1 aromatic rings. The van der Waals surface area contributed by atoms with Crippen LogP contribution in [-0.2, 0) is 6.54 Å². The van der Waals surface area contributed by atoms with Gasteiger partial charge in [-0.1, -0.05) is 10.2 Å². The van der Waals surface area contributed by atoms with Crippen LogP contribution in [0.5, 0.6) is 0 Å². The van der Waals surface area contributed by atoms with Gasteiger partial charge in [0, 0.05) is 12.1 Å². The first-order valence-electron chi connectivity index (χ1n) is 3.54. The zero-order valence-corrected chi connectivity index (χ0v) is 6.27. The monoisotopic (exact) mass is 166 g/mol. The summed E-state index contributed by atoms with van der Waals surface area (Å²) < 4.78 is 1.67. The molecule has 2 N–H and O–H groups in total. The van der Waals surface area contributed by atoms with Crippen molar-refractivity contribution in [3.05, 3.63) is 30.1 Å². The minimum atomic E-state index is -0.973. The molecule has 2 rings (SSSR count). The summed E-state index contributed by atoms with van der Waals surface area (Å²) in [5, 5.41) is 9.76. The number of hydrazine groups is 1. The molecule has 0 fully saturated rings. The molecule has 1 aromatic heterocycles. The zero-order valence-electron chi connectivity index (χ0n) is 6.27. The van der Waals surface area contributed by atoms with Crippen molar-refractivity contribution < 1.29 is 14.6 Å². The van der Waals surface area contributed by atoms with E-state index in [2.05, 4.69) is 5.53 Å². The molecule has 5 nitrogen and oxygen atoms in total. The van der Waals surface area contributed by atoms with E-state index >= 15 is 0 Å². The van der Waals surface area contributed by atoms with Crippen LogP contribution in [0.2, 0.25) is 0 Å². The van der Waals surface area contributed by atoms with Crippen molar-refractivity contribution in [1.82, 2.24) is 5.01 Å². The number of carboxylic acid groups (broad SMARTS) is 1. The number of nitrogens with one attached hydrogen (secondary N) is 1. The predicted octanol–water partition coefficient (Wildman–Crippen LogP) is -0.0738. The van der Waals surface area contributed by atoms with Gasteiger partial charge in [-0.3, -0.25) is 0 Å². The highest BCUT2D eigenvalue weighted by atomic mass is 16.4. The van der Waals surface area contributed by atoms with Gasteiger partial charge in [-0.15, -0.1) is 0 Å². The third-order valence-electron chi connectivity index (χ3n) is 1.72. The topological polar surface area (TPSA) is 56.5 Å². The van der Waals surface area contributed by atoms with Crippen molar-refractivity contribution in [1.29, 1.82) is 0 Å². The summed E-state index contributed by atoms with van der Waals surface area (Å²) in [6.45, 7) is 0.385. The van der Waals surface area contributed by atoms with Crippen molar-refractivity contribution in [2.75, 3.05) is 5.53 Å². The molecule has 0 bridgehead atoms. The minimum absolute atomic E-state index is 0.385. The van der Waals surface area contributed by atoms with E-state index in [1.807, 2.05) is 18.2 Å². The molecule has 0 spiro atoms. The Hall–Kier alpha value is -1.78. The second-order valence-corrected chi connectivity index (χ2v) is 2.53. The molecular formula is C7H8N3O2+. The highest BCUT2D eigenvalue weighted by Crippen LogP contribution is 2.02. The molecule has 0 unspecified atom stereocenters. The fourth-order valence-electron chi connectivity index (χ4n) is 1.14. The van der Waals surface area contributed by atoms with Gasteiger partial charge in [0.15, 0.2) is 0 Å². The van der Waals surface area contributed by atoms with Crippen LogP contribution in [0.3, 0.4) is 0 Å². The summed E-state index contributed by atoms with van der Waals surface area (Å²) in [4.78, 5) is 10.5. The lowest BCUT2D eigenvalue weighted by Crippen LogP contribution is -2.48. The molecule has 1 amide bonds. The maximum absolute atomic E-state index is 10.5. The van der Waals surface area contributed by atoms with Crippen LogP contribution in [0.25, 0.3) is 0 Å². The maximum Gasteiger partial charge on any atom is 0.430 e. The van der Waals surface area contributed by atoms with Gasteiger partial charge in [0.2, 0.25) is 11.9 Å². The molecule has 5 heteroatoms. The number of hydrogen-bond donors (Lipinski definition) is 2. The van der Waals surface area contributed by atoms with Crippen LogP contribution in [0, 0.1) is 0 Å². The number of hydrogen-bond acceptors (Lipinski definition) is 2. The summed E-state index contributed by atoms with van der Waals surface area (Å²) in [5.41, 5.74) is 3.61. The summed E-state index contributed by atoms with van der Waals surface area (Å²) in [6.07, 6.45) is 0.803. The first-order valence-corrected chi connectivity index (χ1v) is 3.54. The van der Waals surface area contributed by atoms with E-state index in [4.69, 9.17) is 5.11 Å². The summed E-state index contributed by atoms with van der Waals surface area (Å²) in [7, 11) is 0. The van der Waals surface area contributed by atoms with Crippen LogP contribution in [0.4, 0.5) is 4.79 Å². The predicted molar refractivity (Wildman–Crippen MR) is 39.6 cm³/mol. The number of aromatic nitrogens is 1. The second kappa shape index (κ2) is 2.37. The molecule has 1 aliphatic rings. The first kappa shape index (κ1) is 6.90. The summed E-state index contributed by atoms with van der Waals surface area (Å²) in [5.74, 6) is 0. The van der Waals surface area contributed by atoms with Gasteiger partial charge < -0.3 is 5.11 Å². The first-order chi connectivity index (χ1) is 5.77. The molecule has 0 radical (unpaired) electrons. The van der Waals surface area contributed by atoms with Crippen molar-refractivity contribution in [2.24, 2.45) is 0 Å². The molecule has 0 saturated carbocycles. The van der Waals surface area contributed by atoms with E-state index in [1.54, 1.807) is 10.9 Å². The van der Waals surface area contributed by atoms with Crippen molar-refractivity contribution in [3.8, 4) is 0 Å². The minimum Gasteiger partial charge on any atom is -0.464 e. The molecule has 0 aromatic carbocycles. The van der Waals surface area contributed by atoms with Crippen LogP contribution >= 0.6 is 0 Å². The Bertz CT molecular complexity index is 301. The van der Waals surface area contributed by atoms with Gasteiger partial charge in [-0.25, -0.2) is 4.79 Å². The van der Waals surface area contributed by atoms with E-state index in [-0.39, 0.29) is 0 Å². The standard InChI is InChI=1S/C7H7N3O2/c11-7(12)10-5-6-3-1-2-4-9(6)8-10/h1-4,8H,5H2/p+1. The fourth-order valence-corrected chi connectivity index (χ4v) is 1.14. The highest BCUT2D eigenvalue weighted by Gasteiger charge is 2.28. The van der Waals surface area contributed by atoms with Crippen LogP contribution in [0.15, 0.2) is 24.4 Å². The SMILES string of the molecule is O=C(O)N1Cc2cccc[n+]2N1. The molecule has 0 atom stereocenters.